The molecule has 0 saturated heterocycles. The molecule has 0 aliphatic carbocycles. The molecule has 0 spiro atoms. The topological polar surface area (TPSA) is 55.6 Å². The van der Waals surface area contributed by atoms with E-state index in [-0.39, 0.29) is 12.1 Å². The lowest BCUT2D eigenvalue weighted by molar-refractivity contribution is -0.274. The Morgan fingerprint density at radius 2 is 2.11 bits per heavy atom. The number of alkyl halides is 3. The van der Waals surface area contributed by atoms with Crippen molar-refractivity contribution in [3.8, 4) is 5.75 Å². The molecule has 0 radical (unpaired) electrons. The van der Waals surface area contributed by atoms with E-state index in [4.69, 9.17) is 5.73 Å². The number of halogens is 3. The molecule has 0 heterocycles. The fourth-order valence-corrected chi connectivity index (χ4v) is 1.34. The molecule has 1 amide bonds. The van der Waals surface area contributed by atoms with Gasteiger partial charge in [-0.15, -0.1) is 13.2 Å². The fourth-order valence-electron chi connectivity index (χ4n) is 1.34. The number of benzene rings is 1. The van der Waals surface area contributed by atoms with Crippen LogP contribution >= 0.6 is 0 Å². The molecule has 4 nitrogen and oxygen atoms in total. The lowest BCUT2D eigenvalue weighted by atomic mass is 10.2. The van der Waals surface area contributed by atoms with Gasteiger partial charge in [-0.1, -0.05) is 6.07 Å². The Balaban J connectivity index is 2.85. The first kappa shape index (κ1) is 14.3. The minimum Gasteiger partial charge on any atom is -0.406 e. The van der Waals surface area contributed by atoms with Crippen molar-refractivity contribution in [2.24, 2.45) is 5.73 Å². The van der Waals surface area contributed by atoms with Crippen LogP contribution in [-0.4, -0.2) is 37.3 Å². The van der Waals surface area contributed by atoms with Gasteiger partial charge in [-0.05, 0) is 18.2 Å². The Kier molecular flexibility index (Phi) is 4.55. The van der Waals surface area contributed by atoms with Crippen molar-refractivity contribution in [2.75, 3.05) is 20.1 Å². The molecule has 0 aliphatic heterocycles. The number of ether oxygens (including phenoxy) is 1. The minimum absolute atomic E-state index is 0.118. The van der Waals surface area contributed by atoms with Crippen LogP contribution in [0.4, 0.5) is 13.2 Å². The summed E-state index contributed by atoms with van der Waals surface area (Å²) >= 11 is 0. The number of amides is 1. The minimum atomic E-state index is -4.77. The number of rotatable bonds is 4. The molecule has 7 heteroatoms. The highest BCUT2D eigenvalue weighted by Crippen LogP contribution is 2.23. The Morgan fingerprint density at radius 1 is 1.44 bits per heavy atom. The number of nitrogens with zero attached hydrogens (tertiary/aromatic N) is 1. The van der Waals surface area contributed by atoms with Crippen LogP contribution in [0.15, 0.2) is 24.3 Å². The summed E-state index contributed by atoms with van der Waals surface area (Å²) in [6.07, 6.45) is -4.77. The van der Waals surface area contributed by atoms with E-state index in [1.807, 2.05) is 0 Å². The van der Waals surface area contributed by atoms with Crippen LogP contribution < -0.4 is 10.5 Å². The molecule has 0 saturated carbocycles. The smallest absolute Gasteiger partial charge is 0.406 e. The molecular formula is C11H13F3N2O2. The zero-order valence-corrected chi connectivity index (χ0v) is 9.70. The van der Waals surface area contributed by atoms with Crippen molar-refractivity contribution in [3.05, 3.63) is 29.8 Å². The van der Waals surface area contributed by atoms with E-state index in [0.717, 1.165) is 12.1 Å². The molecule has 0 fully saturated rings. The standard InChI is InChI=1S/C11H13F3N2O2/c1-16(6-5-15)10(17)8-3-2-4-9(7-8)18-11(12,13)14/h2-4,7H,5-6,15H2,1H3. The van der Waals surface area contributed by atoms with Gasteiger partial charge in [0.25, 0.3) is 5.91 Å². The van der Waals surface area contributed by atoms with Crippen molar-refractivity contribution in [1.29, 1.82) is 0 Å². The molecule has 0 atom stereocenters. The van der Waals surface area contributed by atoms with Crippen molar-refractivity contribution in [2.45, 2.75) is 6.36 Å². The first-order chi connectivity index (χ1) is 8.33. The second-order valence-corrected chi connectivity index (χ2v) is 3.59. The SMILES string of the molecule is CN(CCN)C(=O)c1cccc(OC(F)(F)F)c1. The zero-order valence-electron chi connectivity index (χ0n) is 9.70. The molecular weight excluding hydrogens is 249 g/mol. The second-order valence-electron chi connectivity index (χ2n) is 3.59. The van der Waals surface area contributed by atoms with Crippen molar-refractivity contribution < 1.29 is 22.7 Å². The van der Waals surface area contributed by atoms with E-state index in [0.29, 0.717) is 6.54 Å². The van der Waals surface area contributed by atoms with Crippen molar-refractivity contribution >= 4 is 5.91 Å². The van der Waals surface area contributed by atoms with E-state index >= 15 is 0 Å². The van der Waals surface area contributed by atoms with Gasteiger partial charge < -0.3 is 15.4 Å². The van der Waals surface area contributed by atoms with Crippen LogP contribution in [0.2, 0.25) is 0 Å². The van der Waals surface area contributed by atoms with Gasteiger partial charge in [0, 0.05) is 25.7 Å². The molecule has 1 aromatic carbocycles. The largest absolute Gasteiger partial charge is 0.573 e. The van der Waals surface area contributed by atoms with Crippen molar-refractivity contribution in [1.82, 2.24) is 4.90 Å². The zero-order chi connectivity index (χ0) is 13.8. The molecule has 0 aromatic heterocycles. The molecule has 2 N–H and O–H groups in total. The van der Waals surface area contributed by atoms with Gasteiger partial charge in [0.2, 0.25) is 0 Å². The highest BCUT2D eigenvalue weighted by Gasteiger charge is 2.31. The van der Waals surface area contributed by atoms with E-state index in [1.165, 1.54) is 24.1 Å². The average molecular weight is 262 g/mol. The van der Waals surface area contributed by atoms with Gasteiger partial charge in [0.1, 0.15) is 5.75 Å². The van der Waals surface area contributed by atoms with E-state index in [1.54, 1.807) is 0 Å². The predicted octanol–water partition coefficient (Wildman–Crippen LogP) is 1.62. The number of hydrogen-bond acceptors (Lipinski definition) is 3. The average Bonchev–Trinajstić information content (AvgIpc) is 2.26. The Morgan fingerprint density at radius 3 is 2.67 bits per heavy atom. The van der Waals surface area contributed by atoms with Crippen LogP contribution in [0.5, 0.6) is 5.75 Å². The molecule has 18 heavy (non-hydrogen) atoms. The number of hydrogen-bond donors (Lipinski definition) is 1. The van der Waals surface area contributed by atoms with Gasteiger partial charge >= 0.3 is 6.36 Å². The summed E-state index contributed by atoms with van der Waals surface area (Å²) in [6.45, 7) is 0.601. The van der Waals surface area contributed by atoms with Crippen molar-refractivity contribution in [3.63, 3.8) is 0 Å². The predicted molar refractivity (Wildman–Crippen MR) is 59.1 cm³/mol. The molecule has 100 valence electrons. The lowest BCUT2D eigenvalue weighted by Gasteiger charge is -2.16. The maximum absolute atomic E-state index is 12.0. The molecule has 1 aromatic rings. The van der Waals surface area contributed by atoms with Gasteiger partial charge in [-0.3, -0.25) is 4.79 Å². The summed E-state index contributed by atoms with van der Waals surface area (Å²) in [5, 5.41) is 0. The lowest BCUT2D eigenvalue weighted by Crippen LogP contribution is -2.31. The highest BCUT2D eigenvalue weighted by atomic mass is 19.4. The summed E-state index contributed by atoms with van der Waals surface area (Å²) in [5.74, 6) is -0.831. The van der Waals surface area contributed by atoms with Gasteiger partial charge in [0.15, 0.2) is 0 Å². The second kappa shape index (κ2) is 5.72. The summed E-state index contributed by atoms with van der Waals surface area (Å²) < 4.78 is 39.8. The van der Waals surface area contributed by atoms with E-state index in [2.05, 4.69) is 4.74 Å². The monoisotopic (exact) mass is 262 g/mol. The van der Waals surface area contributed by atoms with Gasteiger partial charge in [0.05, 0.1) is 0 Å². The summed E-state index contributed by atoms with van der Waals surface area (Å²) in [6, 6.07) is 4.92. The third kappa shape index (κ3) is 4.25. The number of nitrogens with two attached hydrogens (primary N) is 1. The highest BCUT2D eigenvalue weighted by molar-refractivity contribution is 5.94. The molecule has 0 aliphatic rings. The van der Waals surface area contributed by atoms with Crippen LogP contribution in [0.25, 0.3) is 0 Å². The Hall–Kier alpha value is -1.76. The fraction of sp³-hybridized carbons (Fsp3) is 0.364. The normalized spacial score (nSPS) is 11.2. The Bertz CT molecular complexity index is 421. The van der Waals surface area contributed by atoms with Crippen LogP contribution in [0, 0.1) is 0 Å². The van der Waals surface area contributed by atoms with Gasteiger partial charge in [-0.25, -0.2) is 0 Å². The first-order valence-electron chi connectivity index (χ1n) is 5.15. The maximum Gasteiger partial charge on any atom is 0.573 e. The summed E-state index contributed by atoms with van der Waals surface area (Å²) in [7, 11) is 1.52. The van der Waals surface area contributed by atoms with Crippen LogP contribution in [0.3, 0.4) is 0 Å². The first-order valence-corrected chi connectivity index (χ1v) is 5.15. The summed E-state index contributed by atoms with van der Waals surface area (Å²) in [4.78, 5) is 13.1. The van der Waals surface area contributed by atoms with Crippen LogP contribution in [0.1, 0.15) is 10.4 Å². The third-order valence-corrected chi connectivity index (χ3v) is 2.13. The third-order valence-electron chi connectivity index (χ3n) is 2.13. The number of likely N-dealkylation sites (N-methyl/N-ethyl adjacent to an activating group) is 1. The van der Waals surface area contributed by atoms with Gasteiger partial charge in [-0.2, -0.15) is 0 Å². The quantitative estimate of drug-likeness (QED) is 0.897. The Labute approximate surface area is 102 Å². The summed E-state index contributed by atoms with van der Waals surface area (Å²) in [5.41, 5.74) is 5.41. The molecule has 0 bridgehead atoms. The van der Waals surface area contributed by atoms with E-state index in [9.17, 15) is 18.0 Å². The maximum atomic E-state index is 12.0. The molecule has 0 unspecified atom stereocenters. The van der Waals surface area contributed by atoms with E-state index < -0.39 is 18.0 Å². The van der Waals surface area contributed by atoms with Crippen LogP contribution in [-0.2, 0) is 0 Å². The number of carbonyl (C=O) groups excluding carboxylic acids is 1. The number of carbonyl (C=O) groups is 1. The molecule has 1 rings (SSSR count).